The Kier molecular flexibility index (Phi) is 4.62. The van der Waals surface area contributed by atoms with Crippen LogP contribution >= 0.6 is 34.5 Å². The maximum Gasteiger partial charge on any atom is 0.433 e. The number of fused-ring (bicyclic) bond motifs is 1. The molecule has 1 aromatic carbocycles. The summed E-state index contributed by atoms with van der Waals surface area (Å²) in [5, 5.41) is 11.7. The first kappa shape index (κ1) is 17.2. The Morgan fingerprint density at radius 2 is 1.84 bits per heavy atom. The van der Waals surface area contributed by atoms with Gasteiger partial charge in [-0.1, -0.05) is 29.3 Å². The second kappa shape index (κ2) is 6.71. The summed E-state index contributed by atoms with van der Waals surface area (Å²) in [6, 6.07) is 7.28. The number of carbonyl (C=O) groups excluding carboxylic acids is 2. The molecule has 0 fully saturated rings. The van der Waals surface area contributed by atoms with E-state index in [1.165, 1.54) is 0 Å². The molecule has 0 unspecified atom stereocenters. The predicted molar refractivity (Wildman–Crippen MR) is 92.1 cm³/mol. The quantitative estimate of drug-likeness (QED) is 0.513. The molecule has 2 amide bonds. The van der Waals surface area contributed by atoms with Crippen LogP contribution in [0.15, 0.2) is 34.7 Å². The predicted octanol–water partition coefficient (Wildman–Crippen LogP) is 3.78. The number of benzene rings is 1. The number of rotatable bonds is 3. The summed E-state index contributed by atoms with van der Waals surface area (Å²) in [6.45, 7) is 0. The SMILES string of the molecule is O=C(NNC(=O)c1sc2cccc(Cl)c2c1Cl)c1ccc([N+](=O)[O-])o1. The van der Waals surface area contributed by atoms with Crippen LogP contribution in [-0.4, -0.2) is 16.7 Å². The van der Waals surface area contributed by atoms with Crippen LogP contribution < -0.4 is 10.9 Å². The van der Waals surface area contributed by atoms with E-state index in [2.05, 4.69) is 10.9 Å². The second-order valence-corrected chi connectivity index (χ2v) is 6.50. The van der Waals surface area contributed by atoms with E-state index >= 15 is 0 Å². The van der Waals surface area contributed by atoms with Gasteiger partial charge in [0.1, 0.15) is 9.80 Å². The maximum atomic E-state index is 12.2. The summed E-state index contributed by atoms with van der Waals surface area (Å²) >= 11 is 13.4. The molecule has 2 N–H and O–H groups in total. The minimum Gasteiger partial charge on any atom is -0.395 e. The lowest BCUT2D eigenvalue weighted by Crippen LogP contribution is -2.41. The van der Waals surface area contributed by atoms with E-state index in [0.717, 1.165) is 28.2 Å². The molecule has 11 heteroatoms. The van der Waals surface area contributed by atoms with Crippen molar-refractivity contribution >= 4 is 62.3 Å². The Hall–Kier alpha value is -2.62. The number of hydrogen-bond acceptors (Lipinski definition) is 6. The first-order chi connectivity index (χ1) is 11.9. The Labute approximate surface area is 153 Å². The number of halogens is 2. The molecular weight excluding hydrogens is 393 g/mol. The van der Waals surface area contributed by atoms with Crippen LogP contribution in [0, 0.1) is 10.1 Å². The van der Waals surface area contributed by atoms with Crippen molar-refractivity contribution in [1.82, 2.24) is 10.9 Å². The van der Waals surface area contributed by atoms with Crippen molar-refractivity contribution in [3.8, 4) is 0 Å². The van der Waals surface area contributed by atoms with Gasteiger partial charge >= 0.3 is 11.8 Å². The fourth-order valence-electron chi connectivity index (χ4n) is 2.00. The van der Waals surface area contributed by atoms with Crippen LogP contribution in [0.25, 0.3) is 10.1 Å². The van der Waals surface area contributed by atoms with Gasteiger partial charge in [0, 0.05) is 10.1 Å². The smallest absolute Gasteiger partial charge is 0.395 e. The second-order valence-electron chi connectivity index (χ2n) is 4.66. The molecule has 3 rings (SSSR count). The van der Waals surface area contributed by atoms with Crippen molar-refractivity contribution in [2.75, 3.05) is 0 Å². The van der Waals surface area contributed by atoms with Crippen molar-refractivity contribution in [2.24, 2.45) is 0 Å². The third-order valence-corrected chi connectivity index (χ3v) is 5.06. The van der Waals surface area contributed by atoms with Gasteiger partial charge in [0.2, 0.25) is 5.76 Å². The van der Waals surface area contributed by atoms with E-state index in [1.54, 1.807) is 18.2 Å². The summed E-state index contributed by atoms with van der Waals surface area (Å²) in [4.78, 5) is 34.0. The van der Waals surface area contributed by atoms with Crippen LogP contribution in [0.1, 0.15) is 20.2 Å². The van der Waals surface area contributed by atoms with Gasteiger partial charge in [-0.15, -0.1) is 11.3 Å². The number of nitrogens with one attached hydrogen (secondary N) is 2. The standard InChI is InChI=1S/C14H7Cl2N3O5S/c15-6-2-1-3-8-10(6)11(16)12(25-8)14(21)18-17-13(20)7-4-5-9(24-7)19(22)23/h1-5H,(H,17,20)(H,18,21). The number of hydrogen-bond donors (Lipinski definition) is 2. The minimum absolute atomic E-state index is 0.162. The number of amides is 2. The number of nitro groups is 1. The number of nitrogens with zero attached hydrogens (tertiary/aromatic N) is 1. The third kappa shape index (κ3) is 3.29. The first-order valence-corrected chi connectivity index (χ1v) is 8.17. The van der Waals surface area contributed by atoms with Crippen LogP contribution in [0.3, 0.4) is 0 Å². The van der Waals surface area contributed by atoms with Gasteiger partial charge in [0.05, 0.1) is 16.1 Å². The van der Waals surface area contributed by atoms with Crippen molar-refractivity contribution in [1.29, 1.82) is 0 Å². The van der Waals surface area contributed by atoms with Gasteiger partial charge in [0.25, 0.3) is 5.91 Å². The van der Waals surface area contributed by atoms with E-state index in [9.17, 15) is 19.7 Å². The molecule has 25 heavy (non-hydrogen) atoms. The molecule has 0 saturated carbocycles. The molecule has 0 aliphatic rings. The molecule has 0 atom stereocenters. The van der Waals surface area contributed by atoms with E-state index in [4.69, 9.17) is 27.6 Å². The van der Waals surface area contributed by atoms with Crippen LogP contribution in [-0.2, 0) is 0 Å². The Balaban J connectivity index is 1.74. The van der Waals surface area contributed by atoms with Crippen LogP contribution in [0.2, 0.25) is 10.0 Å². The lowest BCUT2D eigenvalue weighted by molar-refractivity contribution is -0.402. The topological polar surface area (TPSA) is 114 Å². The highest BCUT2D eigenvalue weighted by Gasteiger charge is 2.21. The van der Waals surface area contributed by atoms with Gasteiger partial charge < -0.3 is 4.42 Å². The van der Waals surface area contributed by atoms with Crippen molar-refractivity contribution in [3.05, 3.63) is 61.1 Å². The molecular formula is C14H7Cl2N3O5S. The zero-order valence-corrected chi connectivity index (χ0v) is 14.4. The average Bonchev–Trinajstić information content (AvgIpc) is 3.18. The maximum absolute atomic E-state index is 12.2. The summed E-state index contributed by atoms with van der Waals surface area (Å²) in [7, 11) is 0. The average molecular weight is 400 g/mol. The van der Waals surface area contributed by atoms with Crippen LogP contribution in [0.5, 0.6) is 0 Å². The molecule has 0 spiro atoms. The Morgan fingerprint density at radius 1 is 1.12 bits per heavy atom. The Bertz CT molecular complexity index is 1010. The van der Waals surface area contributed by atoms with E-state index in [0.29, 0.717) is 10.4 Å². The van der Waals surface area contributed by atoms with E-state index < -0.39 is 22.6 Å². The third-order valence-electron chi connectivity index (χ3n) is 3.10. The summed E-state index contributed by atoms with van der Waals surface area (Å²) < 4.78 is 5.45. The van der Waals surface area contributed by atoms with E-state index in [-0.39, 0.29) is 15.7 Å². The van der Waals surface area contributed by atoms with Gasteiger partial charge in [-0.3, -0.25) is 30.6 Å². The largest absolute Gasteiger partial charge is 0.433 e. The molecule has 0 saturated heterocycles. The molecule has 2 aromatic heterocycles. The summed E-state index contributed by atoms with van der Waals surface area (Å²) in [6.07, 6.45) is 0. The molecule has 0 aliphatic heterocycles. The minimum atomic E-state index is -0.850. The zero-order valence-electron chi connectivity index (χ0n) is 12.0. The Morgan fingerprint density at radius 3 is 2.48 bits per heavy atom. The lowest BCUT2D eigenvalue weighted by atomic mass is 10.2. The van der Waals surface area contributed by atoms with Crippen LogP contribution in [0.4, 0.5) is 5.88 Å². The first-order valence-electron chi connectivity index (χ1n) is 6.60. The zero-order chi connectivity index (χ0) is 18.1. The van der Waals surface area contributed by atoms with Gasteiger partial charge in [-0.05, 0) is 18.2 Å². The summed E-state index contributed by atoms with van der Waals surface area (Å²) in [5.41, 5.74) is 4.27. The number of carbonyl (C=O) groups is 2. The van der Waals surface area contributed by atoms with Crippen molar-refractivity contribution in [3.63, 3.8) is 0 Å². The molecule has 8 nitrogen and oxygen atoms in total. The van der Waals surface area contributed by atoms with Gasteiger partial charge in [-0.25, -0.2) is 0 Å². The van der Waals surface area contributed by atoms with Gasteiger partial charge in [0.15, 0.2) is 0 Å². The molecule has 0 bridgehead atoms. The number of thiophene rings is 1. The highest BCUT2D eigenvalue weighted by atomic mass is 35.5. The molecule has 2 heterocycles. The van der Waals surface area contributed by atoms with Crippen molar-refractivity contribution in [2.45, 2.75) is 0 Å². The highest BCUT2D eigenvalue weighted by molar-refractivity contribution is 7.21. The fourth-order valence-corrected chi connectivity index (χ4v) is 3.85. The monoisotopic (exact) mass is 399 g/mol. The molecule has 0 radical (unpaired) electrons. The lowest BCUT2D eigenvalue weighted by Gasteiger charge is -2.04. The molecule has 3 aromatic rings. The number of furan rings is 1. The molecule has 128 valence electrons. The summed E-state index contributed by atoms with van der Waals surface area (Å²) in [5.74, 6) is -2.41. The van der Waals surface area contributed by atoms with Crippen molar-refractivity contribution < 1.29 is 18.9 Å². The highest BCUT2D eigenvalue weighted by Crippen LogP contribution is 2.39. The fraction of sp³-hybridized carbons (Fsp3) is 0. The molecule has 0 aliphatic carbocycles. The van der Waals surface area contributed by atoms with Gasteiger partial charge in [-0.2, -0.15) is 0 Å². The van der Waals surface area contributed by atoms with E-state index in [1.807, 2.05) is 0 Å². The number of hydrazine groups is 1. The normalized spacial score (nSPS) is 10.6.